The number of halogens is 2. The molecule has 0 amide bonds. The van der Waals surface area contributed by atoms with Gasteiger partial charge in [0.1, 0.15) is 0 Å². The van der Waals surface area contributed by atoms with Crippen LogP contribution in [0, 0.1) is 0 Å². The SMILES string of the molecule is ClCCCl.[Rh]. The van der Waals surface area contributed by atoms with Gasteiger partial charge in [0, 0.05) is 31.2 Å². The van der Waals surface area contributed by atoms with E-state index in [1.54, 1.807) is 0 Å². The molecule has 0 aromatic rings. The molecule has 0 aliphatic heterocycles. The quantitative estimate of drug-likeness (QED) is 0.446. The van der Waals surface area contributed by atoms with E-state index in [0.29, 0.717) is 11.8 Å². The molecule has 0 bridgehead atoms. The standard InChI is InChI=1S/C2H4Cl2.Rh/c3-1-2-4;/h1-2H2;. The topological polar surface area (TPSA) is 0 Å². The van der Waals surface area contributed by atoms with Gasteiger partial charge in [-0.05, 0) is 0 Å². The van der Waals surface area contributed by atoms with Gasteiger partial charge in [-0.1, -0.05) is 0 Å². The van der Waals surface area contributed by atoms with Crippen LogP contribution >= 0.6 is 23.2 Å². The van der Waals surface area contributed by atoms with E-state index < -0.39 is 0 Å². The van der Waals surface area contributed by atoms with Gasteiger partial charge in [-0.3, -0.25) is 0 Å². The van der Waals surface area contributed by atoms with Gasteiger partial charge >= 0.3 is 0 Å². The van der Waals surface area contributed by atoms with Gasteiger partial charge in [-0.25, -0.2) is 0 Å². The maximum atomic E-state index is 5.05. The minimum Gasteiger partial charge on any atom is -0.125 e. The first-order chi connectivity index (χ1) is 1.91. The second-order valence-electron chi connectivity index (χ2n) is 0.378. The fourth-order valence-corrected chi connectivity index (χ4v) is 0. The Hall–Kier alpha value is 1.20. The van der Waals surface area contributed by atoms with E-state index in [-0.39, 0.29) is 19.5 Å². The third-order valence-electron chi connectivity index (χ3n) is 0.0714. The minimum absolute atomic E-state index is 0. The van der Waals surface area contributed by atoms with Crippen molar-refractivity contribution in [2.45, 2.75) is 0 Å². The molecule has 0 fully saturated rings. The van der Waals surface area contributed by atoms with Crippen LogP contribution in [0.4, 0.5) is 0 Å². The molecule has 0 rings (SSSR count). The molecule has 0 N–H and O–H groups in total. The minimum atomic E-state index is 0. The predicted octanol–water partition coefficient (Wildman–Crippen LogP) is 1.46. The average molecular weight is 202 g/mol. The van der Waals surface area contributed by atoms with Crippen molar-refractivity contribution in [1.29, 1.82) is 0 Å². The van der Waals surface area contributed by atoms with Crippen LogP contribution in [0.3, 0.4) is 0 Å². The summed E-state index contributed by atoms with van der Waals surface area (Å²) in [6, 6.07) is 0. The van der Waals surface area contributed by atoms with Gasteiger partial charge in [0.15, 0.2) is 0 Å². The number of hydrogen-bond donors (Lipinski definition) is 0. The molecule has 1 radical (unpaired) electrons. The van der Waals surface area contributed by atoms with Gasteiger partial charge in [-0.15, -0.1) is 23.2 Å². The molecule has 35 valence electrons. The molecule has 0 saturated carbocycles. The Balaban J connectivity index is 0. The summed E-state index contributed by atoms with van der Waals surface area (Å²) in [4.78, 5) is 0. The molecule has 0 saturated heterocycles. The van der Waals surface area contributed by atoms with E-state index in [1.165, 1.54) is 0 Å². The van der Waals surface area contributed by atoms with Crippen molar-refractivity contribution in [3.8, 4) is 0 Å². The molecule has 0 aromatic heterocycles. The third kappa shape index (κ3) is 11.0. The number of hydrogen-bond acceptors (Lipinski definition) is 0. The van der Waals surface area contributed by atoms with Crippen molar-refractivity contribution in [2.75, 3.05) is 11.8 Å². The second-order valence-corrected chi connectivity index (χ2v) is 1.13. The van der Waals surface area contributed by atoms with Gasteiger partial charge in [0.25, 0.3) is 0 Å². The maximum Gasteiger partial charge on any atom is 0.0359 e. The summed E-state index contributed by atoms with van der Waals surface area (Å²) in [7, 11) is 0. The normalized spacial score (nSPS) is 6.00. The van der Waals surface area contributed by atoms with Crippen molar-refractivity contribution in [1.82, 2.24) is 0 Å². The molecule has 5 heavy (non-hydrogen) atoms. The van der Waals surface area contributed by atoms with Crippen molar-refractivity contribution < 1.29 is 19.5 Å². The first kappa shape index (κ1) is 9.51. The third-order valence-corrected chi connectivity index (χ3v) is 0.643. The van der Waals surface area contributed by atoms with Gasteiger partial charge in [0.05, 0.1) is 0 Å². The molecule has 0 atom stereocenters. The molecule has 0 nitrogen and oxygen atoms in total. The van der Waals surface area contributed by atoms with Crippen molar-refractivity contribution in [3.63, 3.8) is 0 Å². The Bertz CT molecular complexity index is 9.61. The van der Waals surface area contributed by atoms with E-state index in [0.717, 1.165) is 0 Å². The molecule has 0 aliphatic carbocycles. The van der Waals surface area contributed by atoms with E-state index in [4.69, 9.17) is 23.2 Å². The van der Waals surface area contributed by atoms with E-state index in [9.17, 15) is 0 Å². The summed E-state index contributed by atoms with van der Waals surface area (Å²) in [6.45, 7) is 0. The molecule has 0 unspecified atom stereocenters. The van der Waals surface area contributed by atoms with Gasteiger partial charge in [-0.2, -0.15) is 0 Å². The van der Waals surface area contributed by atoms with E-state index >= 15 is 0 Å². The summed E-state index contributed by atoms with van der Waals surface area (Å²) in [5, 5.41) is 0. The van der Waals surface area contributed by atoms with Crippen LogP contribution in [0.15, 0.2) is 0 Å². The zero-order valence-corrected chi connectivity index (χ0v) is 5.65. The van der Waals surface area contributed by atoms with E-state index in [1.807, 2.05) is 0 Å². The monoisotopic (exact) mass is 201 g/mol. The Labute approximate surface area is 54.6 Å². The van der Waals surface area contributed by atoms with Crippen LogP contribution in [-0.4, -0.2) is 11.8 Å². The summed E-state index contributed by atoms with van der Waals surface area (Å²) in [6.07, 6.45) is 0. The van der Waals surface area contributed by atoms with Crippen LogP contribution in [0.5, 0.6) is 0 Å². The fourth-order valence-electron chi connectivity index (χ4n) is 0. The van der Waals surface area contributed by atoms with Crippen LogP contribution in [0.2, 0.25) is 0 Å². The molecule has 3 heteroatoms. The second kappa shape index (κ2) is 8.96. The van der Waals surface area contributed by atoms with Crippen molar-refractivity contribution >= 4 is 23.2 Å². The number of rotatable bonds is 1. The zero-order chi connectivity index (χ0) is 3.41. The van der Waals surface area contributed by atoms with Crippen LogP contribution in [0.25, 0.3) is 0 Å². The summed E-state index contributed by atoms with van der Waals surface area (Å²) < 4.78 is 0. The Morgan fingerprint density at radius 2 is 1.20 bits per heavy atom. The summed E-state index contributed by atoms with van der Waals surface area (Å²) in [5.41, 5.74) is 0. The average Bonchev–Trinajstić information content (AvgIpc) is 1.37. The van der Waals surface area contributed by atoms with Crippen molar-refractivity contribution in [2.24, 2.45) is 0 Å². The Morgan fingerprint density at radius 1 is 1.00 bits per heavy atom. The fraction of sp³-hybridized carbons (Fsp3) is 1.00. The first-order valence-corrected chi connectivity index (χ1v) is 2.10. The number of alkyl halides is 2. The molecular formula is C2H4Cl2Rh. The van der Waals surface area contributed by atoms with Crippen LogP contribution < -0.4 is 0 Å². The van der Waals surface area contributed by atoms with Crippen LogP contribution in [0.1, 0.15) is 0 Å². The van der Waals surface area contributed by atoms with E-state index in [2.05, 4.69) is 0 Å². The molecule has 0 heterocycles. The molecular weight excluding hydrogens is 198 g/mol. The van der Waals surface area contributed by atoms with Crippen molar-refractivity contribution in [3.05, 3.63) is 0 Å². The first-order valence-electron chi connectivity index (χ1n) is 1.03. The summed E-state index contributed by atoms with van der Waals surface area (Å²) >= 11 is 10.1. The zero-order valence-electron chi connectivity index (χ0n) is 2.50. The molecule has 0 spiro atoms. The molecule has 0 aromatic carbocycles. The summed E-state index contributed by atoms with van der Waals surface area (Å²) in [5.74, 6) is 1.11. The Kier molecular flexibility index (Phi) is 17.0. The Morgan fingerprint density at radius 3 is 1.20 bits per heavy atom. The molecule has 0 aliphatic rings. The predicted molar refractivity (Wildman–Crippen MR) is 21.4 cm³/mol. The smallest absolute Gasteiger partial charge is 0.0359 e. The van der Waals surface area contributed by atoms with Gasteiger partial charge in [0.2, 0.25) is 0 Å². The maximum absolute atomic E-state index is 5.05. The van der Waals surface area contributed by atoms with Gasteiger partial charge < -0.3 is 0 Å². The van der Waals surface area contributed by atoms with Crippen LogP contribution in [-0.2, 0) is 19.5 Å². The largest absolute Gasteiger partial charge is 0.125 e.